The normalized spacial score (nSPS) is 10.9. The number of furan rings is 1. The van der Waals surface area contributed by atoms with Gasteiger partial charge in [-0.15, -0.1) is 0 Å². The lowest BCUT2D eigenvalue weighted by Crippen LogP contribution is -2.11. The number of hydrogen-bond donors (Lipinski definition) is 1. The van der Waals surface area contributed by atoms with Gasteiger partial charge in [-0.2, -0.15) is 0 Å². The zero-order valence-electron chi connectivity index (χ0n) is 11.2. The first-order chi connectivity index (χ1) is 9.58. The van der Waals surface area contributed by atoms with Crippen LogP contribution in [0.3, 0.4) is 0 Å². The van der Waals surface area contributed by atoms with Crippen LogP contribution >= 0.6 is 11.5 Å². The highest BCUT2D eigenvalue weighted by Gasteiger charge is 2.20. The number of carbonyl (C=O) groups excluding carboxylic acids is 1. The molecule has 102 valence electrons. The van der Waals surface area contributed by atoms with Crippen molar-refractivity contribution < 1.29 is 9.21 Å². The third-order valence-corrected chi connectivity index (χ3v) is 3.86. The summed E-state index contributed by atoms with van der Waals surface area (Å²) in [5.41, 5.74) is 3.75. The molecule has 0 radical (unpaired) electrons. The second kappa shape index (κ2) is 4.68. The minimum Gasteiger partial charge on any atom is -0.450 e. The zero-order chi connectivity index (χ0) is 14.3. The standard InChI is InChI=1S/C13H12N4O2S/c1-6-4-5-9-8(3)11(19-10(9)7(6)2)12(18)14-13-15-16-17-20-13/h4-5H,1-3H3,(H,14,15,17,18). The van der Waals surface area contributed by atoms with Gasteiger partial charge in [0.15, 0.2) is 5.76 Å². The molecule has 7 heteroatoms. The van der Waals surface area contributed by atoms with Gasteiger partial charge in [0, 0.05) is 22.5 Å². The number of benzene rings is 1. The highest BCUT2D eigenvalue weighted by atomic mass is 32.1. The number of carbonyl (C=O) groups is 1. The Hall–Kier alpha value is -2.28. The molecule has 2 aromatic heterocycles. The molecule has 0 fully saturated rings. The number of fused-ring (bicyclic) bond motifs is 1. The maximum Gasteiger partial charge on any atom is 0.293 e. The first-order valence-electron chi connectivity index (χ1n) is 6.03. The summed E-state index contributed by atoms with van der Waals surface area (Å²) in [6, 6.07) is 4.00. The van der Waals surface area contributed by atoms with Crippen molar-refractivity contribution in [1.29, 1.82) is 0 Å². The summed E-state index contributed by atoms with van der Waals surface area (Å²) in [4.78, 5) is 12.2. The van der Waals surface area contributed by atoms with Crippen LogP contribution in [0.25, 0.3) is 11.0 Å². The summed E-state index contributed by atoms with van der Waals surface area (Å²) in [6.07, 6.45) is 0. The van der Waals surface area contributed by atoms with Crippen molar-refractivity contribution >= 4 is 33.5 Å². The first kappa shape index (κ1) is 12.7. The Morgan fingerprint density at radius 3 is 2.75 bits per heavy atom. The molecule has 0 unspecified atom stereocenters. The minimum absolute atomic E-state index is 0.295. The van der Waals surface area contributed by atoms with Crippen molar-refractivity contribution in [2.75, 3.05) is 5.32 Å². The number of nitrogens with one attached hydrogen (secondary N) is 1. The summed E-state index contributed by atoms with van der Waals surface area (Å²) in [6.45, 7) is 5.87. The van der Waals surface area contributed by atoms with Crippen LogP contribution in [0.1, 0.15) is 27.2 Å². The fraction of sp³-hybridized carbons (Fsp3) is 0.231. The lowest BCUT2D eigenvalue weighted by atomic mass is 10.0. The van der Waals surface area contributed by atoms with E-state index in [1.165, 1.54) is 0 Å². The van der Waals surface area contributed by atoms with Gasteiger partial charge >= 0.3 is 0 Å². The van der Waals surface area contributed by atoms with E-state index in [-0.39, 0.29) is 5.91 Å². The van der Waals surface area contributed by atoms with Gasteiger partial charge in [-0.1, -0.05) is 21.7 Å². The van der Waals surface area contributed by atoms with Crippen molar-refractivity contribution in [2.45, 2.75) is 20.8 Å². The van der Waals surface area contributed by atoms with Gasteiger partial charge < -0.3 is 4.42 Å². The lowest BCUT2D eigenvalue weighted by molar-refractivity contribution is 0.0998. The third kappa shape index (κ3) is 1.96. The molecule has 0 bridgehead atoms. The number of amides is 1. The second-order valence-corrected chi connectivity index (χ2v) is 5.29. The Morgan fingerprint density at radius 2 is 2.05 bits per heavy atom. The Kier molecular flexibility index (Phi) is 2.98. The van der Waals surface area contributed by atoms with Crippen molar-refractivity contribution in [2.24, 2.45) is 0 Å². The molecule has 0 saturated carbocycles. The van der Waals surface area contributed by atoms with Gasteiger partial charge in [0.25, 0.3) is 5.91 Å². The number of hydrogen-bond acceptors (Lipinski definition) is 6. The third-order valence-electron chi connectivity index (χ3n) is 3.35. The molecule has 3 rings (SSSR count). The predicted molar refractivity (Wildman–Crippen MR) is 76.1 cm³/mol. The van der Waals surface area contributed by atoms with Crippen LogP contribution < -0.4 is 5.32 Å². The van der Waals surface area contributed by atoms with Gasteiger partial charge in [-0.25, -0.2) is 0 Å². The average Bonchev–Trinajstić information content (AvgIpc) is 3.03. The van der Waals surface area contributed by atoms with E-state index in [4.69, 9.17) is 4.42 Å². The Balaban J connectivity index is 2.06. The average molecular weight is 288 g/mol. The van der Waals surface area contributed by atoms with Crippen LogP contribution in [0.15, 0.2) is 16.5 Å². The maximum atomic E-state index is 12.2. The first-order valence-corrected chi connectivity index (χ1v) is 6.81. The van der Waals surface area contributed by atoms with Crippen LogP contribution in [-0.2, 0) is 0 Å². The molecule has 2 heterocycles. The molecule has 0 aliphatic rings. The topological polar surface area (TPSA) is 80.9 Å². The minimum atomic E-state index is -0.339. The summed E-state index contributed by atoms with van der Waals surface area (Å²) in [5, 5.41) is 11.0. The molecule has 1 N–H and O–H groups in total. The van der Waals surface area contributed by atoms with E-state index in [9.17, 15) is 4.79 Å². The van der Waals surface area contributed by atoms with Crippen molar-refractivity contribution in [3.05, 3.63) is 34.6 Å². The monoisotopic (exact) mass is 288 g/mol. The summed E-state index contributed by atoms with van der Waals surface area (Å²) in [7, 11) is 0. The van der Waals surface area contributed by atoms with E-state index < -0.39 is 0 Å². The smallest absolute Gasteiger partial charge is 0.293 e. The van der Waals surface area contributed by atoms with Gasteiger partial charge in [0.05, 0.1) is 0 Å². The Morgan fingerprint density at radius 1 is 1.25 bits per heavy atom. The van der Waals surface area contributed by atoms with E-state index >= 15 is 0 Å². The number of rotatable bonds is 2. The van der Waals surface area contributed by atoms with Crippen LogP contribution in [0.4, 0.5) is 5.13 Å². The molecule has 20 heavy (non-hydrogen) atoms. The quantitative estimate of drug-likeness (QED) is 0.784. The molecule has 0 aliphatic carbocycles. The Bertz CT molecular complexity index is 792. The fourth-order valence-corrected chi connectivity index (χ4v) is 2.43. The summed E-state index contributed by atoms with van der Waals surface area (Å²) >= 11 is 1.02. The maximum absolute atomic E-state index is 12.2. The van der Waals surface area contributed by atoms with Crippen molar-refractivity contribution in [3.8, 4) is 0 Å². The molecule has 1 amide bonds. The molecule has 6 nitrogen and oxygen atoms in total. The van der Waals surface area contributed by atoms with E-state index in [0.717, 1.165) is 39.2 Å². The Labute approximate surface area is 119 Å². The van der Waals surface area contributed by atoms with E-state index in [0.29, 0.717) is 10.9 Å². The van der Waals surface area contributed by atoms with Crippen LogP contribution in [0.2, 0.25) is 0 Å². The largest absolute Gasteiger partial charge is 0.450 e. The van der Waals surface area contributed by atoms with E-state index in [1.54, 1.807) is 0 Å². The zero-order valence-corrected chi connectivity index (χ0v) is 12.0. The van der Waals surface area contributed by atoms with Gasteiger partial charge in [-0.3, -0.25) is 10.1 Å². The number of aryl methyl sites for hydroxylation is 3. The molecule has 0 spiro atoms. The molecule has 0 atom stereocenters. The molecular formula is C13H12N4O2S. The second-order valence-electron chi connectivity index (χ2n) is 4.56. The highest BCUT2D eigenvalue weighted by Crippen LogP contribution is 2.29. The van der Waals surface area contributed by atoms with Crippen molar-refractivity contribution in [3.63, 3.8) is 0 Å². The SMILES string of the molecule is Cc1ccc2c(C)c(C(=O)Nc3nnns3)oc2c1C. The van der Waals surface area contributed by atoms with E-state index in [1.807, 2.05) is 32.9 Å². The number of aromatic nitrogens is 3. The highest BCUT2D eigenvalue weighted by molar-refractivity contribution is 7.09. The number of anilines is 1. The van der Waals surface area contributed by atoms with Crippen LogP contribution in [0, 0.1) is 20.8 Å². The molecule has 1 aromatic carbocycles. The number of nitrogens with zero attached hydrogens (tertiary/aromatic N) is 3. The lowest BCUT2D eigenvalue weighted by Gasteiger charge is -1.99. The summed E-state index contributed by atoms with van der Waals surface area (Å²) in [5.74, 6) is -0.0433. The van der Waals surface area contributed by atoms with E-state index in [2.05, 4.69) is 20.1 Å². The van der Waals surface area contributed by atoms with Crippen molar-refractivity contribution in [1.82, 2.24) is 14.8 Å². The van der Waals surface area contributed by atoms with Crippen LogP contribution in [0.5, 0.6) is 0 Å². The molecule has 0 aliphatic heterocycles. The summed E-state index contributed by atoms with van der Waals surface area (Å²) < 4.78 is 9.34. The molecule has 0 saturated heterocycles. The molecule has 3 aromatic rings. The van der Waals surface area contributed by atoms with Crippen LogP contribution in [-0.4, -0.2) is 20.7 Å². The van der Waals surface area contributed by atoms with Gasteiger partial charge in [0.1, 0.15) is 5.58 Å². The van der Waals surface area contributed by atoms with Gasteiger partial charge in [0.2, 0.25) is 5.13 Å². The fourth-order valence-electron chi connectivity index (χ4n) is 2.07. The molecular weight excluding hydrogens is 276 g/mol. The predicted octanol–water partition coefficient (Wildman–Crippen LogP) is 2.86. The van der Waals surface area contributed by atoms with Gasteiger partial charge in [-0.05, 0) is 37.1 Å².